The monoisotopic (exact) mass is 298 g/mol. The van der Waals surface area contributed by atoms with Crippen LogP contribution < -0.4 is 0 Å². The molecular weight excluding hydrogens is 264 g/mol. The molecule has 4 unspecified atom stereocenters. The molecule has 5 aliphatic rings. The van der Waals surface area contributed by atoms with Gasteiger partial charge >= 0.3 is 0 Å². The maximum atomic E-state index is 3.78. The Bertz CT molecular complexity index is 480. The van der Waals surface area contributed by atoms with Crippen molar-refractivity contribution in [3.63, 3.8) is 0 Å². The molecule has 22 heavy (non-hydrogen) atoms. The maximum absolute atomic E-state index is 3.78. The van der Waals surface area contributed by atoms with E-state index in [4.69, 9.17) is 0 Å². The highest BCUT2D eigenvalue weighted by Crippen LogP contribution is 2.73. The van der Waals surface area contributed by atoms with Crippen molar-refractivity contribution in [1.82, 2.24) is 0 Å². The topological polar surface area (TPSA) is 0 Å². The zero-order valence-electron chi connectivity index (χ0n) is 14.8. The highest BCUT2D eigenvalue weighted by molar-refractivity contribution is 5.28. The molecule has 0 N–H and O–H groups in total. The average Bonchev–Trinajstić information content (AvgIpc) is 2.97. The van der Waals surface area contributed by atoms with Crippen molar-refractivity contribution in [3.05, 3.63) is 0 Å². The second-order valence-electron chi connectivity index (χ2n) is 9.25. The van der Waals surface area contributed by atoms with Crippen molar-refractivity contribution < 1.29 is 0 Å². The summed E-state index contributed by atoms with van der Waals surface area (Å²) < 4.78 is 0. The lowest BCUT2D eigenvalue weighted by Gasteiger charge is -2.38. The Labute approximate surface area is 137 Å². The summed E-state index contributed by atoms with van der Waals surface area (Å²) in [6.07, 6.45) is 17.3. The first kappa shape index (κ1) is 15.1. The standard InChI is InChI=1S/C22H34/c1-3-18-10-8-9-17-12-16-22-15-7-6-14-21(18,2)13-5-4-11-19(22)20(17)22/h17-20H,3,5-10,12-16H2,1-2H3/t17-,18?,19+,20?,21?,22?/m0/s1. The first-order valence-corrected chi connectivity index (χ1v) is 10.2. The van der Waals surface area contributed by atoms with Gasteiger partial charge in [-0.25, -0.2) is 0 Å². The van der Waals surface area contributed by atoms with Gasteiger partial charge in [0.15, 0.2) is 0 Å². The van der Waals surface area contributed by atoms with Crippen LogP contribution in [0.1, 0.15) is 90.9 Å². The largest absolute Gasteiger partial charge is 0.103 e. The molecule has 5 aliphatic carbocycles. The quantitative estimate of drug-likeness (QED) is 0.505. The van der Waals surface area contributed by atoms with Crippen LogP contribution in [0.2, 0.25) is 0 Å². The molecule has 0 aromatic rings. The Kier molecular flexibility index (Phi) is 3.83. The predicted molar refractivity (Wildman–Crippen MR) is 93.4 cm³/mol. The smallest absolute Gasteiger partial charge is 0.0299 e. The molecule has 1 spiro atoms. The third-order valence-electron chi connectivity index (χ3n) is 8.35. The van der Waals surface area contributed by atoms with Gasteiger partial charge in [0.25, 0.3) is 0 Å². The lowest BCUT2D eigenvalue weighted by Crippen LogP contribution is -2.28. The molecule has 6 atom stereocenters. The minimum absolute atomic E-state index is 0.563. The zero-order chi connectivity index (χ0) is 15.2. The summed E-state index contributed by atoms with van der Waals surface area (Å²) in [7, 11) is 0. The van der Waals surface area contributed by atoms with Gasteiger partial charge in [-0.1, -0.05) is 51.9 Å². The van der Waals surface area contributed by atoms with Crippen LogP contribution in [0.3, 0.4) is 0 Å². The van der Waals surface area contributed by atoms with Crippen molar-refractivity contribution in [2.24, 2.45) is 34.5 Å². The first-order valence-electron chi connectivity index (χ1n) is 10.2. The van der Waals surface area contributed by atoms with Gasteiger partial charge in [-0.15, -0.1) is 5.92 Å². The average molecular weight is 299 g/mol. The molecule has 0 heterocycles. The zero-order valence-corrected chi connectivity index (χ0v) is 14.8. The van der Waals surface area contributed by atoms with Crippen LogP contribution in [-0.2, 0) is 0 Å². The van der Waals surface area contributed by atoms with Crippen molar-refractivity contribution in [3.8, 4) is 11.8 Å². The van der Waals surface area contributed by atoms with E-state index in [0.29, 0.717) is 10.8 Å². The molecule has 5 bridgehead atoms. The summed E-state index contributed by atoms with van der Waals surface area (Å²) in [6, 6.07) is 0. The lowest BCUT2D eigenvalue weighted by atomic mass is 9.67. The van der Waals surface area contributed by atoms with Crippen LogP contribution in [0.15, 0.2) is 0 Å². The Balaban J connectivity index is 1.66. The van der Waals surface area contributed by atoms with E-state index in [1.807, 2.05) is 0 Å². The van der Waals surface area contributed by atoms with E-state index in [9.17, 15) is 0 Å². The summed E-state index contributed by atoms with van der Waals surface area (Å²) in [5, 5.41) is 0. The summed E-state index contributed by atoms with van der Waals surface area (Å²) in [6.45, 7) is 5.03. The van der Waals surface area contributed by atoms with Crippen LogP contribution >= 0.6 is 0 Å². The number of fused-ring (bicyclic) bond motifs is 8. The Morgan fingerprint density at radius 3 is 2.68 bits per heavy atom. The van der Waals surface area contributed by atoms with Gasteiger partial charge in [-0.3, -0.25) is 0 Å². The Morgan fingerprint density at radius 2 is 1.82 bits per heavy atom. The van der Waals surface area contributed by atoms with Gasteiger partial charge in [0.05, 0.1) is 0 Å². The van der Waals surface area contributed by atoms with Gasteiger partial charge in [0.2, 0.25) is 0 Å². The predicted octanol–water partition coefficient (Wildman–Crippen LogP) is 6.20. The number of rotatable bonds is 1. The molecule has 0 heteroatoms. The molecule has 0 radical (unpaired) electrons. The van der Waals surface area contributed by atoms with Crippen LogP contribution in [0.25, 0.3) is 0 Å². The highest BCUT2D eigenvalue weighted by atomic mass is 14.7. The van der Waals surface area contributed by atoms with Crippen molar-refractivity contribution in [1.29, 1.82) is 0 Å². The van der Waals surface area contributed by atoms with E-state index in [1.165, 1.54) is 70.6 Å². The molecule has 3 fully saturated rings. The molecule has 0 nitrogen and oxygen atoms in total. The molecule has 0 aromatic carbocycles. The molecule has 5 rings (SSSR count). The van der Waals surface area contributed by atoms with E-state index < -0.39 is 0 Å². The maximum Gasteiger partial charge on any atom is 0.0299 e. The second kappa shape index (κ2) is 5.58. The SMILES string of the molecule is CCC1CCC[C@H]2CCC34CCCCC1(C)CCC#C[C@@H]3C24. The Hall–Kier alpha value is -0.440. The fourth-order valence-electron chi connectivity index (χ4n) is 6.94. The second-order valence-corrected chi connectivity index (χ2v) is 9.25. The lowest BCUT2D eigenvalue weighted by molar-refractivity contribution is 0.128. The third-order valence-corrected chi connectivity index (χ3v) is 8.35. The summed E-state index contributed by atoms with van der Waals surface area (Å²) in [5.74, 6) is 11.2. The fraction of sp³-hybridized carbons (Fsp3) is 0.909. The number of hydrogen-bond donors (Lipinski definition) is 0. The van der Waals surface area contributed by atoms with Gasteiger partial charge in [-0.05, 0) is 67.1 Å². The first-order chi connectivity index (χ1) is 10.7. The molecule has 0 amide bonds. The normalized spacial score (nSPS) is 50.6. The summed E-state index contributed by atoms with van der Waals surface area (Å²) in [5.41, 5.74) is 1.26. The molecular formula is C22H34. The van der Waals surface area contributed by atoms with Crippen molar-refractivity contribution in [2.75, 3.05) is 0 Å². The van der Waals surface area contributed by atoms with Crippen LogP contribution in [0.5, 0.6) is 0 Å². The minimum atomic E-state index is 0.563. The molecule has 3 saturated carbocycles. The Morgan fingerprint density at radius 1 is 0.955 bits per heavy atom. The minimum Gasteiger partial charge on any atom is -0.103 e. The summed E-state index contributed by atoms with van der Waals surface area (Å²) in [4.78, 5) is 0. The molecule has 0 aromatic heterocycles. The summed E-state index contributed by atoms with van der Waals surface area (Å²) >= 11 is 0. The van der Waals surface area contributed by atoms with E-state index in [0.717, 1.165) is 30.1 Å². The van der Waals surface area contributed by atoms with E-state index >= 15 is 0 Å². The third kappa shape index (κ3) is 2.26. The highest BCUT2D eigenvalue weighted by Gasteiger charge is 2.68. The van der Waals surface area contributed by atoms with Gasteiger partial charge in [-0.2, -0.15) is 0 Å². The van der Waals surface area contributed by atoms with Crippen LogP contribution in [0.4, 0.5) is 0 Å². The van der Waals surface area contributed by atoms with Crippen molar-refractivity contribution in [2.45, 2.75) is 90.9 Å². The van der Waals surface area contributed by atoms with E-state index in [-0.39, 0.29) is 0 Å². The number of hydrogen-bond acceptors (Lipinski definition) is 0. The molecule has 122 valence electrons. The van der Waals surface area contributed by atoms with E-state index in [1.54, 1.807) is 0 Å². The van der Waals surface area contributed by atoms with Crippen molar-refractivity contribution >= 4 is 0 Å². The van der Waals surface area contributed by atoms with E-state index in [2.05, 4.69) is 25.7 Å². The van der Waals surface area contributed by atoms with Gasteiger partial charge < -0.3 is 0 Å². The van der Waals surface area contributed by atoms with Crippen LogP contribution in [0, 0.1) is 46.3 Å². The molecule has 0 saturated heterocycles. The van der Waals surface area contributed by atoms with Crippen LogP contribution in [-0.4, -0.2) is 0 Å². The fourth-order valence-corrected chi connectivity index (χ4v) is 6.94. The molecule has 0 aliphatic heterocycles. The van der Waals surface area contributed by atoms with Gasteiger partial charge in [0, 0.05) is 12.3 Å². The van der Waals surface area contributed by atoms with Gasteiger partial charge in [0.1, 0.15) is 0 Å².